The van der Waals surface area contributed by atoms with E-state index in [2.05, 4.69) is 15.1 Å². The van der Waals surface area contributed by atoms with E-state index in [9.17, 15) is 4.79 Å². The van der Waals surface area contributed by atoms with Crippen LogP contribution < -0.4 is 4.74 Å². The van der Waals surface area contributed by atoms with Crippen LogP contribution in [0.5, 0.6) is 5.75 Å². The highest BCUT2D eigenvalue weighted by Gasteiger charge is 2.29. The summed E-state index contributed by atoms with van der Waals surface area (Å²) in [5.41, 5.74) is 1.79. The predicted molar refractivity (Wildman–Crippen MR) is 98.9 cm³/mol. The van der Waals surface area contributed by atoms with Crippen molar-refractivity contribution in [3.8, 4) is 5.75 Å². The number of nitrogens with zero attached hydrogens (tertiary/aromatic N) is 4. The monoisotopic (exact) mass is 382 g/mol. The third kappa shape index (κ3) is 3.90. The highest BCUT2D eigenvalue weighted by molar-refractivity contribution is 5.92. The van der Waals surface area contributed by atoms with Gasteiger partial charge in [-0.2, -0.15) is 4.98 Å². The number of hydrogen-bond acceptors (Lipinski definition) is 7. The minimum Gasteiger partial charge on any atom is -0.484 e. The second kappa shape index (κ2) is 7.84. The van der Waals surface area contributed by atoms with Crippen molar-refractivity contribution in [1.29, 1.82) is 0 Å². The van der Waals surface area contributed by atoms with E-state index in [1.807, 2.05) is 31.2 Å². The molecular weight excluding hydrogens is 360 g/mol. The molecular formula is C20H22N4O4. The van der Waals surface area contributed by atoms with Crippen LogP contribution in [0.2, 0.25) is 0 Å². The van der Waals surface area contributed by atoms with Crippen molar-refractivity contribution in [3.63, 3.8) is 0 Å². The van der Waals surface area contributed by atoms with Gasteiger partial charge < -0.3 is 18.6 Å². The third-order valence-electron chi connectivity index (χ3n) is 4.95. The first-order valence-corrected chi connectivity index (χ1v) is 9.31. The number of oxazole rings is 1. The SMILES string of the molecule is Cc1ccc(OCc2nc(C3CCN(C(=O)c4ocnc4C)CC3)no2)cc1. The van der Waals surface area contributed by atoms with Crippen molar-refractivity contribution in [1.82, 2.24) is 20.0 Å². The fourth-order valence-corrected chi connectivity index (χ4v) is 3.26. The van der Waals surface area contributed by atoms with Crippen LogP contribution >= 0.6 is 0 Å². The Morgan fingerprint density at radius 3 is 2.64 bits per heavy atom. The molecule has 0 radical (unpaired) electrons. The molecule has 2 aromatic heterocycles. The lowest BCUT2D eigenvalue weighted by Crippen LogP contribution is -2.38. The summed E-state index contributed by atoms with van der Waals surface area (Å²) in [7, 11) is 0. The Morgan fingerprint density at radius 2 is 1.96 bits per heavy atom. The summed E-state index contributed by atoms with van der Waals surface area (Å²) in [6.45, 7) is 5.27. The molecule has 1 amide bonds. The number of amides is 1. The summed E-state index contributed by atoms with van der Waals surface area (Å²) in [4.78, 5) is 22.7. The van der Waals surface area contributed by atoms with Crippen molar-refractivity contribution in [2.45, 2.75) is 39.2 Å². The average Bonchev–Trinajstić information content (AvgIpc) is 3.36. The first-order chi connectivity index (χ1) is 13.6. The van der Waals surface area contributed by atoms with E-state index in [1.165, 1.54) is 12.0 Å². The lowest BCUT2D eigenvalue weighted by Gasteiger charge is -2.30. The molecule has 0 aliphatic carbocycles. The van der Waals surface area contributed by atoms with E-state index >= 15 is 0 Å². The number of piperidine rings is 1. The minimum absolute atomic E-state index is 0.117. The average molecular weight is 382 g/mol. The van der Waals surface area contributed by atoms with Crippen molar-refractivity contribution >= 4 is 5.91 Å². The molecule has 1 saturated heterocycles. The van der Waals surface area contributed by atoms with Crippen molar-refractivity contribution in [2.24, 2.45) is 0 Å². The van der Waals surface area contributed by atoms with Gasteiger partial charge in [0.2, 0.25) is 5.76 Å². The smallest absolute Gasteiger partial charge is 0.291 e. The zero-order chi connectivity index (χ0) is 19.5. The topological polar surface area (TPSA) is 94.5 Å². The minimum atomic E-state index is -0.117. The van der Waals surface area contributed by atoms with Gasteiger partial charge in [-0.3, -0.25) is 4.79 Å². The molecule has 0 N–H and O–H groups in total. The number of ether oxygens (including phenoxy) is 1. The summed E-state index contributed by atoms with van der Waals surface area (Å²) >= 11 is 0. The van der Waals surface area contributed by atoms with Gasteiger partial charge in [0.25, 0.3) is 11.8 Å². The fourth-order valence-electron chi connectivity index (χ4n) is 3.26. The van der Waals surface area contributed by atoms with Crippen LogP contribution in [0.4, 0.5) is 0 Å². The molecule has 0 unspecified atom stereocenters. The molecule has 1 aliphatic rings. The molecule has 0 saturated carbocycles. The maximum absolute atomic E-state index is 12.5. The van der Waals surface area contributed by atoms with Crippen LogP contribution in [0.1, 0.15) is 52.3 Å². The number of carbonyl (C=O) groups is 1. The molecule has 8 heteroatoms. The number of aromatic nitrogens is 3. The number of rotatable bonds is 5. The maximum atomic E-state index is 12.5. The lowest BCUT2D eigenvalue weighted by atomic mass is 9.96. The number of aryl methyl sites for hydroxylation is 2. The Labute approximate surface area is 162 Å². The van der Waals surface area contributed by atoms with Crippen LogP contribution in [-0.4, -0.2) is 39.0 Å². The second-order valence-corrected chi connectivity index (χ2v) is 6.98. The summed E-state index contributed by atoms with van der Waals surface area (Å²) < 4.78 is 16.2. The van der Waals surface area contributed by atoms with Crippen molar-refractivity contribution in [2.75, 3.05) is 13.1 Å². The molecule has 8 nitrogen and oxygen atoms in total. The molecule has 0 atom stereocenters. The van der Waals surface area contributed by atoms with Crippen LogP contribution in [0.15, 0.2) is 39.6 Å². The molecule has 1 aromatic carbocycles. The number of benzene rings is 1. The fraction of sp³-hybridized carbons (Fsp3) is 0.400. The Bertz CT molecular complexity index is 939. The molecule has 0 bridgehead atoms. The van der Waals surface area contributed by atoms with Crippen LogP contribution in [0, 0.1) is 13.8 Å². The van der Waals surface area contributed by atoms with Gasteiger partial charge in [0.15, 0.2) is 18.8 Å². The van der Waals surface area contributed by atoms with Crippen molar-refractivity contribution < 1.29 is 18.5 Å². The summed E-state index contributed by atoms with van der Waals surface area (Å²) in [5, 5.41) is 4.10. The van der Waals surface area contributed by atoms with Gasteiger partial charge >= 0.3 is 0 Å². The molecule has 3 aromatic rings. The van der Waals surface area contributed by atoms with Gasteiger partial charge in [0, 0.05) is 19.0 Å². The maximum Gasteiger partial charge on any atom is 0.291 e. The van der Waals surface area contributed by atoms with E-state index in [4.69, 9.17) is 13.7 Å². The van der Waals surface area contributed by atoms with Crippen LogP contribution in [0.3, 0.4) is 0 Å². The van der Waals surface area contributed by atoms with E-state index in [0.29, 0.717) is 36.3 Å². The Morgan fingerprint density at radius 1 is 1.21 bits per heavy atom. The zero-order valence-corrected chi connectivity index (χ0v) is 15.9. The Balaban J connectivity index is 1.31. The quantitative estimate of drug-likeness (QED) is 0.668. The molecule has 3 heterocycles. The Kier molecular flexibility index (Phi) is 5.10. The molecule has 4 rings (SSSR count). The standard InChI is InChI=1S/C20H22N4O4/c1-13-3-5-16(6-4-13)26-11-17-22-19(23-28-17)15-7-9-24(10-8-15)20(25)18-14(2)21-12-27-18/h3-6,12,15H,7-11H2,1-2H3. The zero-order valence-electron chi connectivity index (χ0n) is 15.9. The van der Waals surface area contributed by atoms with Gasteiger partial charge in [0.1, 0.15) is 5.75 Å². The van der Waals surface area contributed by atoms with Crippen LogP contribution in [-0.2, 0) is 6.61 Å². The number of carbonyl (C=O) groups excluding carboxylic acids is 1. The van der Waals surface area contributed by atoms with Crippen LogP contribution in [0.25, 0.3) is 0 Å². The summed E-state index contributed by atoms with van der Waals surface area (Å²) in [5.74, 6) is 2.25. The third-order valence-corrected chi connectivity index (χ3v) is 4.95. The van der Waals surface area contributed by atoms with Gasteiger partial charge in [0.05, 0.1) is 5.69 Å². The Hall–Kier alpha value is -3.16. The van der Waals surface area contributed by atoms with E-state index in [1.54, 1.807) is 11.8 Å². The highest BCUT2D eigenvalue weighted by atomic mass is 16.5. The first kappa shape index (κ1) is 18.2. The lowest BCUT2D eigenvalue weighted by molar-refractivity contribution is 0.0677. The van der Waals surface area contributed by atoms with Gasteiger partial charge in [-0.1, -0.05) is 22.9 Å². The molecule has 146 valence electrons. The van der Waals surface area contributed by atoms with E-state index in [-0.39, 0.29) is 18.4 Å². The van der Waals surface area contributed by atoms with Gasteiger partial charge in [-0.05, 0) is 38.8 Å². The number of likely N-dealkylation sites (tertiary alicyclic amines) is 1. The highest BCUT2D eigenvalue weighted by Crippen LogP contribution is 2.27. The molecule has 28 heavy (non-hydrogen) atoms. The van der Waals surface area contributed by atoms with E-state index in [0.717, 1.165) is 18.6 Å². The van der Waals surface area contributed by atoms with E-state index < -0.39 is 0 Å². The predicted octanol–water partition coefficient (Wildman–Crippen LogP) is 3.27. The summed E-state index contributed by atoms with van der Waals surface area (Å²) in [6, 6.07) is 7.80. The molecule has 1 aliphatic heterocycles. The summed E-state index contributed by atoms with van der Waals surface area (Å²) in [6.07, 6.45) is 2.85. The van der Waals surface area contributed by atoms with Gasteiger partial charge in [-0.15, -0.1) is 0 Å². The van der Waals surface area contributed by atoms with Crippen molar-refractivity contribution in [3.05, 3.63) is 59.4 Å². The molecule has 0 spiro atoms. The molecule has 1 fully saturated rings. The second-order valence-electron chi connectivity index (χ2n) is 6.98. The first-order valence-electron chi connectivity index (χ1n) is 9.31. The largest absolute Gasteiger partial charge is 0.484 e. The normalized spacial score (nSPS) is 15.0. The number of hydrogen-bond donors (Lipinski definition) is 0. The van der Waals surface area contributed by atoms with Gasteiger partial charge in [-0.25, -0.2) is 4.98 Å².